The van der Waals surface area contributed by atoms with Crippen LogP contribution in [0.25, 0.3) is 0 Å². The molecule has 1 amide bonds. The average Bonchev–Trinajstić information content (AvgIpc) is 2.78. The van der Waals surface area contributed by atoms with Crippen LogP contribution in [-0.4, -0.2) is 35.5 Å². The summed E-state index contributed by atoms with van der Waals surface area (Å²) in [6, 6.07) is 8.19. The number of rotatable bonds is 8. The van der Waals surface area contributed by atoms with Gasteiger partial charge < -0.3 is 19.9 Å². The third-order valence-corrected chi connectivity index (χ3v) is 5.18. The number of aliphatic hydroxyl groups excluding tert-OH is 1. The number of carbonyl (C=O) groups is 1. The quantitative estimate of drug-likeness (QED) is 0.620. The van der Waals surface area contributed by atoms with Gasteiger partial charge in [-0.15, -0.1) is 0 Å². The van der Waals surface area contributed by atoms with Crippen molar-refractivity contribution in [2.24, 2.45) is 5.92 Å². The first-order chi connectivity index (χ1) is 15.3. The van der Waals surface area contributed by atoms with Crippen LogP contribution in [0.4, 0.5) is 18.9 Å². The summed E-state index contributed by atoms with van der Waals surface area (Å²) >= 11 is 0. The van der Waals surface area contributed by atoms with Gasteiger partial charge in [-0.1, -0.05) is 12.1 Å². The molecular weight excluding hydrogens is 425 g/mol. The summed E-state index contributed by atoms with van der Waals surface area (Å²) in [7, 11) is 0. The van der Waals surface area contributed by atoms with Gasteiger partial charge in [-0.2, -0.15) is 13.2 Å². The number of halogens is 3. The number of anilines is 1. The number of allylic oxidation sites excluding steroid dienone is 1. The predicted molar refractivity (Wildman–Crippen MR) is 111 cm³/mol. The maximum Gasteiger partial charge on any atom is 0.416 e. The van der Waals surface area contributed by atoms with Crippen molar-refractivity contribution in [3.8, 4) is 0 Å². The van der Waals surface area contributed by atoms with Crippen molar-refractivity contribution in [1.82, 2.24) is 4.98 Å². The van der Waals surface area contributed by atoms with Crippen LogP contribution in [0, 0.1) is 5.92 Å². The molecule has 0 saturated heterocycles. The van der Waals surface area contributed by atoms with Gasteiger partial charge in [0.05, 0.1) is 17.4 Å². The molecule has 1 aliphatic heterocycles. The summed E-state index contributed by atoms with van der Waals surface area (Å²) in [6.45, 7) is 2.05. The normalized spacial score (nSPS) is 20.9. The Labute approximate surface area is 184 Å². The fourth-order valence-corrected chi connectivity index (χ4v) is 3.67. The lowest BCUT2D eigenvalue weighted by molar-refractivity contribution is -0.165. The van der Waals surface area contributed by atoms with Gasteiger partial charge in [0.1, 0.15) is 0 Å². The van der Waals surface area contributed by atoms with E-state index in [1.165, 1.54) is 18.3 Å². The molecule has 1 aliphatic rings. The van der Waals surface area contributed by atoms with Crippen molar-refractivity contribution in [1.29, 1.82) is 0 Å². The molecule has 1 aromatic carbocycles. The number of aromatic nitrogens is 1. The Hall–Kier alpha value is -2.91. The summed E-state index contributed by atoms with van der Waals surface area (Å²) < 4.78 is 50.6. The second kappa shape index (κ2) is 10.6. The first-order valence-electron chi connectivity index (χ1n) is 10.3. The van der Waals surface area contributed by atoms with Gasteiger partial charge in [0.15, 0.2) is 5.76 Å². The number of ether oxygens (including phenoxy) is 2. The van der Waals surface area contributed by atoms with Crippen LogP contribution >= 0.6 is 0 Å². The third kappa shape index (κ3) is 5.86. The molecule has 3 rings (SSSR count). The fourth-order valence-electron chi connectivity index (χ4n) is 3.67. The molecule has 0 spiro atoms. The highest BCUT2D eigenvalue weighted by atomic mass is 19.4. The highest BCUT2D eigenvalue weighted by Crippen LogP contribution is 2.40. The maximum atomic E-state index is 13.0. The summed E-state index contributed by atoms with van der Waals surface area (Å²) in [5.74, 6) is -1.24. The van der Waals surface area contributed by atoms with E-state index in [1.807, 2.05) is 0 Å². The van der Waals surface area contributed by atoms with Crippen molar-refractivity contribution >= 4 is 11.6 Å². The van der Waals surface area contributed by atoms with Gasteiger partial charge in [-0.25, -0.2) is 0 Å². The van der Waals surface area contributed by atoms with E-state index >= 15 is 0 Å². The van der Waals surface area contributed by atoms with Crippen molar-refractivity contribution < 1.29 is 32.5 Å². The first kappa shape index (κ1) is 23.7. The summed E-state index contributed by atoms with van der Waals surface area (Å²) in [5, 5.41) is 12.0. The van der Waals surface area contributed by atoms with E-state index < -0.39 is 29.9 Å². The smallest absolute Gasteiger partial charge is 0.416 e. The van der Waals surface area contributed by atoms with Gasteiger partial charge >= 0.3 is 6.18 Å². The molecule has 0 unspecified atom stereocenters. The van der Waals surface area contributed by atoms with Gasteiger partial charge in [0.2, 0.25) is 6.29 Å². The molecule has 2 N–H and O–H groups in total. The van der Waals surface area contributed by atoms with E-state index in [1.54, 1.807) is 31.3 Å². The molecule has 2 heterocycles. The zero-order valence-electron chi connectivity index (χ0n) is 17.5. The van der Waals surface area contributed by atoms with Crippen molar-refractivity contribution in [3.05, 3.63) is 71.8 Å². The van der Waals surface area contributed by atoms with Crippen LogP contribution in [0.15, 0.2) is 60.6 Å². The molecule has 1 aromatic heterocycles. The molecule has 6 nitrogen and oxygen atoms in total. The minimum Gasteiger partial charge on any atom is -0.459 e. The molecular formula is C23H25F3N2O4. The standard InChI is InChI=1S/C23H25F3N2O4/c1-2-31-22-18(6-4-12-29)19(15-7-9-16(10-8-15)23(24,25)26)13-20(32-22)21(30)28-17-5-3-11-27-14-17/h3,5,7-11,13-14,18-19,22,29H,2,4,6,12H2,1H3,(H,28,30)/t18-,19-,22-/m1/s1. The van der Waals surface area contributed by atoms with Crippen molar-refractivity contribution in [2.75, 3.05) is 18.5 Å². The van der Waals surface area contributed by atoms with Crippen molar-refractivity contribution in [3.63, 3.8) is 0 Å². The van der Waals surface area contributed by atoms with Crippen LogP contribution < -0.4 is 5.32 Å². The molecule has 0 bridgehead atoms. The number of hydrogen-bond acceptors (Lipinski definition) is 5. The minimum atomic E-state index is -4.44. The maximum absolute atomic E-state index is 13.0. The topological polar surface area (TPSA) is 80.7 Å². The van der Waals surface area contributed by atoms with Crippen LogP contribution in [0.3, 0.4) is 0 Å². The predicted octanol–water partition coefficient (Wildman–Crippen LogP) is 4.49. The lowest BCUT2D eigenvalue weighted by atomic mass is 9.80. The molecule has 0 saturated carbocycles. The Morgan fingerprint density at radius 3 is 2.59 bits per heavy atom. The van der Waals surface area contributed by atoms with Crippen LogP contribution in [-0.2, 0) is 20.4 Å². The lowest BCUT2D eigenvalue weighted by Gasteiger charge is -2.37. The van der Waals surface area contributed by atoms with Crippen LogP contribution in [0.2, 0.25) is 0 Å². The second-order valence-corrected chi connectivity index (χ2v) is 7.34. The Morgan fingerprint density at radius 2 is 2.00 bits per heavy atom. The zero-order chi connectivity index (χ0) is 23.1. The number of nitrogens with one attached hydrogen (secondary N) is 1. The van der Waals surface area contributed by atoms with Gasteiger partial charge in [0, 0.05) is 31.2 Å². The molecule has 2 aromatic rings. The Morgan fingerprint density at radius 1 is 1.25 bits per heavy atom. The summed E-state index contributed by atoms with van der Waals surface area (Å²) in [4.78, 5) is 16.8. The van der Waals surface area contributed by atoms with Gasteiger partial charge in [0.25, 0.3) is 5.91 Å². The highest BCUT2D eigenvalue weighted by molar-refractivity contribution is 6.02. The average molecular weight is 450 g/mol. The molecule has 0 radical (unpaired) electrons. The first-order valence-corrected chi connectivity index (χ1v) is 10.3. The van der Waals surface area contributed by atoms with E-state index in [9.17, 15) is 23.1 Å². The third-order valence-electron chi connectivity index (χ3n) is 5.18. The monoisotopic (exact) mass is 450 g/mol. The number of carbonyl (C=O) groups excluding carboxylic acids is 1. The number of amides is 1. The fraction of sp³-hybridized carbons (Fsp3) is 0.391. The number of alkyl halides is 3. The van der Waals surface area contributed by atoms with E-state index in [0.29, 0.717) is 30.7 Å². The molecule has 0 fully saturated rings. The van der Waals surface area contributed by atoms with Crippen LogP contribution in [0.5, 0.6) is 0 Å². The van der Waals surface area contributed by atoms with E-state index in [2.05, 4.69) is 10.3 Å². The van der Waals surface area contributed by atoms with E-state index in [-0.39, 0.29) is 18.3 Å². The highest BCUT2D eigenvalue weighted by Gasteiger charge is 2.38. The molecule has 32 heavy (non-hydrogen) atoms. The molecule has 9 heteroatoms. The molecule has 3 atom stereocenters. The van der Waals surface area contributed by atoms with E-state index in [4.69, 9.17) is 9.47 Å². The van der Waals surface area contributed by atoms with Gasteiger partial charge in [-0.05, 0) is 55.7 Å². The summed E-state index contributed by atoms with van der Waals surface area (Å²) in [5.41, 5.74) is 0.323. The number of pyridine rings is 1. The second-order valence-electron chi connectivity index (χ2n) is 7.34. The van der Waals surface area contributed by atoms with Gasteiger partial charge in [-0.3, -0.25) is 9.78 Å². The molecule has 172 valence electrons. The zero-order valence-corrected chi connectivity index (χ0v) is 17.5. The summed E-state index contributed by atoms with van der Waals surface area (Å²) in [6.07, 6.45) is 0.385. The Bertz CT molecular complexity index is 917. The SMILES string of the molecule is CCO[C@@H]1OC(C(=O)Nc2cccnc2)=C[C@H](c2ccc(C(F)(F)F)cc2)[C@H]1CCCO. The van der Waals surface area contributed by atoms with Crippen LogP contribution in [0.1, 0.15) is 36.8 Å². The number of nitrogens with zero attached hydrogens (tertiary/aromatic N) is 1. The lowest BCUT2D eigenvalue weighted by Crippen LogP contribution is -2.37. The largest absolute Gasteiger partial charge is 0.459 e. The Kier molecular flexibility index (Phi) is 7.87. The number of aliphatic hydroxyl groups is 1. The molecule has 0 aliphatic carbocycles. The number of benzene rings is 1. The minimum absolute atomic E-state index is 0.0115. The number of hydrogen-bond donors (Lipinski definition) is 2. The van der Waals surface area contributed by atoms with E-state index in [0.717, 1.165) is 12.1 Å². The van der Waals surface area contributed by atoms with Crippen molar-refractivity contribution in [2.45, 2.75) is 38.1 Å². The Balaban J connectivity index is 1.95.